The molecule has 0 radical (unpaired) electrons. The summed E-state index contributed by atoms with van der Waals surface area (Å²) in [7, 11) is 0. The van der Waals surface area contributed by atoms with Gasteiger partial charge in [-0.3, -0.25) is 14.7 Å². The number of aromatic nitrogens is 4. The molecule has 0 unspecified atom stereocenters. The number of aliphatic hydroxyl groups excluding tert-OH is 3. The van der Waals surface area contributed by atoms with Crippen LogP contribution < -0.4 is 20.3 Å². The summed E-state index contributed by atoms with van der Waals surface area (Å²) in [4.78, 5) is 26.9. The molecule has 65 heavy (non-hydrogen) atoms. The van der Waals surface area contributed by atoms with E-state index in [1.54, 1.807) is 6.07 Å². The molecule has 354 valence electrons. The van der Waals surface area contributed by atoms with E-state index in [1.807, 2.05) is 6.07 Å². The smallest absolute Gasteiger partial charge is 0.434 e. The van der Waals surface area contributed by atoms with Gasteiger partial charge in [0.2, 0.25) is 0 Å². The number of alkyl halides is 3. The van der Waals surface area contributed by atoms with Gasteiger partial charge in [0.05, 0.1) is 43.9 Å². The molecule has 3 saturated heterocycles. The summed E-state index contributed by atoms with van der Waals surface area (Å²) in [5.41, 5.74) is 2.11. The summed E-state index contributed by atoms with van der Waals surface area (Å²) in [6.07, 6.45) is 3.16. The van der Waals surface area contributed by atoms with E-state index in [2.05, 4.69) is 70.6 Å². The van der Waals surface area contributed by atoms with Gasteiger partial charge in [-0.25, -0.2) is 4.98 Å². The lowest BCUT2D eigenvalue weighted by atomic mass is 9.55. The maximum absolute atomic E-state index is 13.1. The summed E-state index contributed by atoms with van der Waals surface area (Å²) in [6, 6.07) is 9.36. The highest BCUT2D eigenvalue weighted by molar-refractivity contribution is 5.92. The highest BCUT2D eigenvalue weighted by atomic mass is 19.4. The monoisotopic (exact) mass is 907 g/mol. The molecule has 0 spiro atoms. The van der Waals surface area contributed by atoms with Crippen LogP contribution in [0.15, 0.2) is 42.7 Å². The van der Waals surface area contributed by atoms with Gasteiger partial charge in [0.1, 0.15) is 23.8 Å². The molecule has 18 heteroatoms. The van der Waals surface area contributed by atoms with Gasteiger partial charge < -0.3 is 45.2 Å². The predicted molar refractivity (Wildman–Crippen MR) is 236 cm³/mol. The summed E-state index contributed by atoms with van der Waals surface area (Å²) in [5, 5.41) is 46.7. The fourth-order valence-corrected chi connectivity index (χ4v) is 11.8. The summed E-state index contributed by atoms with van der Waals surface area (Å²) in [6.45, 7) is 9.75. The maximum Gasteiger partial charge on any atom is 0.434 e. The molecule has 15 nitrogen and oxygen atoms in total. The van der Waals surface area contributed by atoms with Crippen molar-refractivity contribution in [3.63, 3.8) is 0 Å². The standard InChI is InChI=1S/C47H64F3N9O6/c1-46-14-11-33-32-6-4-31(23-30(32)3-5-34(33)35(46)7-9-40(46)60)64-22-2-15-52-45(63)36-8-10-42(56-55-36)59-16-12-29(13-17-59)26-57-18-20-58(21-19-57)27-38-44(62)43(61)37(28-65-38)53-41-25-51-24-39(54-41)47(48,49)50/h4,6,8,10,23-25,29,33-35,37-38,40,43-44,60-62H,2-3,5,7,9,11-22,26-28H2,1H3,(H,52,63)(H,53,54)/t33-,34-,35+,37+,38-,40+,43-,44+,46+/m1/s1. The first kappa shape index (κ1) is 45.9. The SMILES string of the molecule is C[C@]12CC[C@@H]3c4ccc(OCCCNC(=O)c5ccc(N6CCC(CN7CCN(C[C@H]8OC[C@H](Nc9cncc(C(F)(F)F)n9)[C@@H](O)[C@H]8O)CC7)CC6)nn5)cc4CC[C@H]3[C@@H]1CC[C@@H]2O. The van der Waals surface area contributed by atoms with Gasteiger partial charge in [-0.1, -0.05) is 13.0 Å². The second-order valence-electron chi connectivity index (χ2n) is 19.6. The zero-order valence-electron chi connectivity index (χ0n) is 37.2. The van der Waals surface area contributed by atoms with E-state index in [0.29, 0.717) is 56.0 Å². The van der Waals surface area contributed by atoms with Crippen LogP contribution in [0.1, 0.15) is 91.5 Å². The molecule has 5 fully saturated rings. The molecular weight excluding hydrogens is 844 g/mol. The number of rotatable bonds is 13. The molecule has 9 atom stereocenters. The molecule has 3 aromatic rings. The molecule has 5 N–H and O–H groups in total. The molecule has 1 amide bonds. The summed E-state index contributed by atoms with van der Waals surface area (Å²) in [5.74, 6) is 3.67. The Kier molecular flexibility index (Phi) is 13.8. The van der Waals surface area contributed by atoms with E-state index in [0.717, 1.165) is 109 Å². The van der Waals surface area contributed by atoms with Gasteiger partial charge in [0.25, 0.3) is 5.91 Å². The molecule has 0 bridgehead atoms. The van der Waals surface area contributed by atoms with Crippen molar-refractivity contribution in [3.8, 4) is 5.75 Å². The van der Waals surface area contributed by atoms with E-state index >= 15 is 0 Å². The lowest BCUT2D eigenvalue weighted by Gasteiger charge is -2.50. The lowest BCUT2D eigenvalue weighted by molar-refractivity contribution is -0.148. The van der Waals surface area contributed by atoms with Crippen molar-refractivity contribution in [2.45, 2.75) is 107 Å². The number of benzene rings is 1. The first-order valence-corrected chi connectivity index (χ1v) is 23.7. The third kappa shape index (κ3) is 10.2. The van der Waals surface area contributed by atoms with Gasteiger partial charge in [0.15, 0.2) is 17.2 Å². The minimum Gasteiger partial charge on any atom is -0.494 e. The average molecular weight is 908 g/mol. The number of piperazine rings is 1. The minimum atomic E-state index is -4.65. The predicted octanol–water partition coefficient (Wildman–Crippen LogP) is 4.14. The van der Waals surface area contributed by atoms with Crippen molar-refractivity contribution in [1.29, 1.82) is 0 Å². The molecule has 2 saturated carbocycles. The van der Waals surface area contributed by atoms with Crippen molar-refractivity contribution in [1.82, 2.24) is 35.3 Å². The topological polar surface area (TPSA) is 182 Å². The number of aryl methyl sites for hydroxylation is 1. The third-order valence-electron chi connectivity index (χ3n) is 15.7. The Labute approximate surface area is 378 Å². The van der Waals surface area contributed by atoms with E-state index in [-0.39, 0.29) is 35.5 Å². The molecular formula is C47H64F3N9O6. The van der Waals surface area contributed by atoms with Gasteiger partial charge >= 0.3 is 6.18 Å². The largest absolute Gasteiger partial charge is 0.494 e. The number of ether oxygens (including phenoxy) is 2. The molecule has 5 heterocycles. The fraction of sp³-hybridized carbons (Fsp3) is 0.681. The van der Waals surface area contributed by atoms with Crippen molar-refractivity contribution < 1.29 is 42.8 Å². The Balaban J connectivity index is 0.641. The summed E-state index contributed by atoms with van der Waals surface area (Å²) < 4.78 is 51.2. The molecule has 2 aromatic heterocycles. The number of hydrogen-bond donors (Lipinski definition) is 5. The number of fused-ring (bicyclic) bond motifs is 5. The minimum absolute atomic E-state index is 0.00598. The maximum atomic E-state index is 13.1. The van der Waals surface area contributed by atoms with Crippen LogP contribution in [-0.4, -0.2) is 154 Å². The zero-order valence-corrected chi connectivity index (χ0v) is 37.2. The Hall–Kier alpha value is -4.20. The molecule has 6 aliphatic rings. The first-order valence-electron chi connectivity index (χ1n) is 23.7. The van der Waals surface area contributed by atoms with Crippen molar-refractivity contribution in [2.75, 3.05) is 82.3 Å². The number of nitrogens with zero attached hydrogens (tertiary/aromatic N) is 7. The van der Waals surface area contributed by atoms with E-state index in [4.69, 9.17) is 9.47 Å². The number of anilines is 2. The van der Waals surface area contributed by atoms with Gasteiger partial charge in [-0.2, -0.15) is 13.2 Å². The number of carbonyl (C=O) groups is 1. The second-order valence-corrected chi connectivity index (χ2v) is 19.6. The molecule has 3 aliphatic heterocycles. The summed E-state index contributed by atoms with van der Waals surface area (Å²) >= 11 is 0. The van der Waals surface area contributed by atoms with Crippen molar-refractivity contribution in [3.05, 3.63) is 65.2 Å². The Morgan fingerprint density at radius 2 is 1.71 bits per heavy atom. The first-order chi connectivity index (χ1) is 31.3. The Morgan fingerprint density at radius 3 is 2.46 bits per heavy atom. The number of hydrogen-bond acceptors (Lipinski definition) is 14. The van der Waals surface area contributed by atoms with Gasteiger partial charge in [-0.05, 0) is 122 Å². The Morgan fingerprint density at radius 1 is 0.923 bits per heavy atom. The zero-order chi connectivity index (χ0) is 45.3. The van der Waals surface area contributed by atoms with Crippen LogP contribution in [0.5, 0.6) is 5.75 Å². The van der Waals surface area contributed by atoms with Crippen LogP contribution in [0.2, 0.25) is 0 Å². The number of aliphatic hydroxyl groups is 3. The van der Waals surface area contributed by atoms with E-state index in [1.165, 1.54) is 17.5 Å². The van der Waals surface area contributed by atoms with Crippen LogP contribution in [-0.2, 0) is 17.3 Å². The number of amides is 1. The van der Waals surface area contributed by atoms with Gasteiger partial charge in [-0.15, -0.1) is 10.2 Å². The van der Waals surface area contributed by atoms with Gasteiger partial charge in [0, 0.05) is 58.9 Å². The number of carbonyl (C=O) groups excluding carboxylic acids is 1. The van der Waals surface area contributed by atoms with E-state index in [9.17, 15) is 33.3 Å². The molecule has 1 aromatic carbocycles. The fourth-order valence-electron chi connectivity index (χ4n) is 11.8. The number of nitrogens with one attached hydrogen (secondary N) is 2. The number of halogens is 3. The highest BCUT2D eigenvalue weighted by Gasteiger charge is 2.54. The quantitative estimate of drug-likeness (QED) is 0.155. The van der Waals surface area contributed by atoms with Crippen LogP contribution in [0.3, 0.4) is 0 Å². The Bertz CT molecular complexity index is 2090. The molecule has 9 rings (SSSR count). The van der Waals surface area contributed by atoms with Crippen LogP contribution in [0, 0.1) is 23.2 Å². The lowest BCUT2D eigenvalue weighted by Crippen LogP contribution is -2.59. The normalized spacial score (nSPS) is 31.2. The average Bonchev–Trinajstić information content (AvgIpc) is 3.62. The highest BCUT2D eigenvalue weighted by Crippen LogP contribution is 2.61. The number of piperidine rings is 1. The molecule has 3 aliphatic carbocycles. The van der Waals surface area contributed by atoms with Crippen LogP contribution in [0.4, 0.5) is 24.8 Å². The van der Waals surface area contributed by atoms with Crippen LogP contribution >= 0.6 is 0 Å². The second kappa shape index (κ2) is 19.6. The third-order valence-corrected chi connectivity index (χ3v) is 15.7. The van der Waals surface area contributed by atoms with E-state index < -0.39 is 36.2 Å². The van der Waals surface area contributed by atoms with Crippen molar-refractivity contribution >= 4 is 17.5 Å². The van der Waals surface area contributed by atoms with Crippen molar-refractivity contribution in [2.24, 2.45) is 23.2 Å². The van der Waals surface area contributed by atoms with Crippen LogP contribution in [0.25, 0.3) is 0 Å².